The molecule has 2 fully saturated rings. The normalized spacial score (nSPS) is 23.3. The smallest absolute Gasteiger partial charge is 0.233 e. The molecule has 1 N–H and O–H groups in total. The van der Waals surface area contributed by atoms with E-state index in [0.717, 1.165) is 4.70 Å². The molecule has 2 aliphatic rings. The SMILES string of the molecule is COc1ccc2nc(NC(=O)[C@H](CC3C[C@@H](F)[C@@H](F)C3)c3ccc(S(=O)(=O)C4CC4)cc3)sc2c1. The number of nitrogens with one attached hydrogen (secondary N) is 1. The lowest BCUT2D eigenvalue weighted by Crippen LogP contribution is -2.23. The number of sulfone groups is 1. The molecular formula is C25H26F2N2O4S2. The van der Waals surface area contributed by atoms with Gasteiger partial charge in [-0.1, -0.05) is 23.5 Å². The molecule has 1 aromatic heterocycles. The van der Waals surface area contributed by atoms with E-state index in [0.29, 0.717) is 34.8 Å². The van der Waals surface area contributed by atoms with Crippen LogP contribution in [0.5, 0.6) is 5.75 Å². The van der Waals surface area contributed by atoms with E-state index in [4.69, 9.17) is 4.74 Å². The maximum Gasteiger partial charge on any atom is 0.233 e. The lowest BCUT2D eigenvalue weighted by atomic mass is 9.87. The van der Waals surface area contributed by atoms with E-state index in [9.17, 15) is 22.0 Å². The maximum absolute atomic E-state index is 13.9. The van der Waals surface area contributed by atoms with Crippen LogP contribution in [0.15, 0.2) is 47.4 Å². The van der Waals surface area contributed by atoms with Gasteiger partial charge in [-0.2, -0.15) is 0 Å². The molecule has 1 amide bonds. The predicted octanol–water partition coefficient (Wildman–Crippen LogP) is 5.44. The monoisotopic (exact) mass is 520 g/mol. The first-order chi connectivity index (χ1) is 16.7. The Labute approximate surface area is 206 Å². The van der Waals surface area contributed by atoms with Crippen LogP contribution in [0.1, 0.15) is 43.6 Å². The van der Waals surface area contributed by atoms with E-state index < -0.39 is 28.1 Å². The first kappa shape index (κ1) is 24.1. The van der Waals surface area contributed by atoms with Gasteiger partial charge >= 0.3 is 0 Å². The number of thiazole rings is 1. The summed E-state index contributed by atoms with van der Waals surface area (Å²) in [7, 11) is -1.78. The Morgan fingerprint density at radius 2 is 1.83 bits per heavy atom. The number of aromatic nitrogens is 1. The number of benzene rings is 2. The van der Waals surface area contributed by atoms with E-state index in [1.165, 1.54) is 23.5 Å². The zero-order valence-electron chi connectivity index (χ0n) is 19.1. The van der Waals surface area contributed by atoms with Crippen LogP contribution >= 0.6 is 11.3 Å². The van der Waals surface area contributed by atoms with Crippen molar-refractivity contribution in [2.24, 2.45) is 5.92 Å². The average molecular weight is 521 g/mol. The molecule has 1 unspecified atom stereocenters. The molecule has 0 aliphatic heterocycles. The van der Waals surface area contributed by atoms with Crippen LogP contribution in [0, 0.1) is 5.92 Å². The number of ether oxygens (including phenoxy) is 1. The molecule has 0 radical (unpaired) electrons. The van der Waals surface area contributed by atoms with Gasteiger partial charge in [0.1, 0.15) is 18.1 Å². The van der Waals surface area contributed by atoms with Crippen molar-refractivity contribution >= 4 is 42.4 Å². The number of carbonyl (C=O) groups is 1. The number of halogens is 2. The lowest BCUT2D eigenvalue weighted by Gasteiger charge is -2.20. The molecule has 0 saturated heterocycles. The molecule has 186 valence electrons. The van der Waals surface area contributed by atoms with Gasteiger partial charge in [-0.25, -0.2) is 22.2 Å². The summed E-state index contributed by atoms with van der Waals surface area (Å²) >= 11 is 1.30. The fourth-order valence-electron chi connectivity index (χ4n) is 4.69. The Kier molecular flexibility index (Phi) is 6.52. The molecule has 10 heteroatoms. The van der Waals surface area contributed by atoms with Crippen molar-refractivity contribution in [2.45, 2.75) is 60.5 Å². The Hall–Kier alpha value is -2.59. The van der Waals surface area contributed by atoms with Gasteiger partial charge in [-0.05, 0) is 73.9 Å². The Morgan fingerprint density at radius 3 is 2.46 bits per heavy atom. The fourth-order valence-corrected chi connectivity index (χ4v) is 7.24. The summed E-state index contributed by atoms with van der Waals surface area (Å²) in [4.78, 5) is 18.1. The second-order valence-electron chi connectivity index (χ2n) is 9.31. The number of fused-ring (bicyclic) bond motifs is 1. The van der Waals surface area contributed by atoms with Crippen molar-refractivity contribution in [1.29, 1.82) is 0 Å². The molecule has 2 saturated carbocycles. The Morgan fingerprint density at radius 1 is 1.14 bits per heavy atom. The third-order valence-electron chi connectivity index (χ3n) is 6.79. The number of nitrogens with zero attached hydrogens (tertiary/aromatic N) is 1. The highest BCUT2D eigenvalue weighted by atomic mass is 32.2. The highest BCUT2D eigenvalue weighted by Gasteiger charge is 2.38. The van der Waals surface area contributed by atoms with Gasteiger partial charge in [-0.15, -0.1) is 0 Å². The van der Waals surface area contributed by atoms with Crippen LogP contribution in [0.2, 0.25) is 0 Å². The summed E-state index contributed by atoms with van der Waals surface area (Å²) in [6.07, 6.45) is -1.30. The third-order valence-corrected chi connectivity index (χ3v) is 10.0. The van der Waals surface area contributed by atoms with Crippen LogP contribution in [0.25, 0.3) is 10.2 Å². The zero-order chi connectivity index (χ0) is 24.7. The average Bonchev–Trinajstić information content (AvgIpc) is 3.56. The standard InChI is InChI=1S/C25H26F2N2O4S2/c1-33-16-4-9-22-23(13-16)34-25(28-22)29-24(30)19(10-14-11-20(26)21(27)12-14)15-2-5-17(6-3-15)35(31,32)18-7-8-18/h2-6,9,13-14,18-21H,7-8,10-12H2,1H3,(H,28,29,30)/t14?,19-,20-,21+/m1/s1. The summed E-state index contributed by atoms with van der Waals surface area (Å²) < 4.78 is 58.9. The fraction of sp³-hybridized carbons (Fsp3) is 0.440. The molecule has 1 heterocycles. The number of carbonyl (C=O) groups excluding carboxylic acids is 1. The molecule has 6 nitrogen and oxygen atoms in total. The maximum atomic E-state index is 13.9. The molecule has 0 bridgehead atoms. The van der Waals surface area contributed by atoms with E-state index in [1.807, 2.05) is 6.07 Å². The number of anilines is 1. The minimum atomic E-state index is -3.35. The topological polar surface area (TPSA) is 85.4 Å². The third kappa shape index (κ3) is 5.04. The first-order valence-corrected chi connectivity index (χ1v) is 14.0. The van der Waals surface area contributed by atoms with E-state index in [2.05, 4.69) is 10.3 Å². The molecule has 5 rings (SSSR count). The largest absolute Gasteiger partial charge is 0.497 e. The highest BCUT2D eigenvalue weighted by Crippen LogP contribution is 2.39. The van der Waals surface area contributed by atoms with Crippen LogP contribution in [0.4, 0.5) is 13.9 Å². The Bertz CT molecular complexity index is 1330. The van der Waals surface area contributed by atoms with Crippen LogP contribution in [-0.2, 0) is 14.6 Å². The minimum absolute atomic E-state index is 0.0695. The van der Waals surface area contributed by atoms with E-state index in [1.54, 1.807) is 31.4 Å². The number of hydrogen-bond acceptors (Lipinski definition) is 6. The van der Waals surface area contributed by atoms with Gasteiger partial charge in [0.15, 0.2) is 15.0 Å². The summed E-state index contributed by atoms with van der Waals surface area (Å²) in [5.41, 5.74) is 1.33. The van der Waals surface area contributed by atoms with Crippen molar-refractivity contribution in [3.8, 4) is 5.75 Å². The molecule has 0 spiro atoms. The molecule has 3 aromatic rings. The zero-order valence-corrected chi connectivity index (χ0v) is 20.7. The summed E-state index contributed by atoms with van der Waals surface area (Å²) in [6, 6.07) is 11.7. The second kappa shape index (κ2) is 9.46. The van der Waals surface area contributed by atoms with Crippen molar-refractivity contribution in [2.75, 3.05) is 12.4 Å². The number of methoxy groups -OCH3 is 1. The number of rotatable bonds is 8. The van der Waals surface area contributed by atoms with Gasteiger partial charge in [0.05, 0.1) is 33.4 Å². The highest BCUT2D eigenvalue weighted by molar-refractivity contribution is 7.92. The van der Waals surface area contributed by atoms with Crippen LogP contribution in [-0.4, -0.2) is 44.0 Å². The van der Waals surface area contributed by atoms with E-state index >= 15 is 0 Å². The predicted molar refractivity (Wildman–Crippen MR) is 131 cm³/mol. The summed E-state index contributed by atoms with van der Waals surface area (Å²) in [5, 5.41) is 2.94. The molecule has 4 atom stereocenters. The Balaban J connectivity index is 1.40. The second-order valence-corrected chi connectivity index (χ2v) is 12.6. The van der Waals surface area contributed by atoms with Crippen molar-refractivity contribution in [3.05, 3.63) is 48.0 Å². The van der Waals surface area contributed by atoms with Gasteiger partial charge in [0.2, 0.25) is 5.91 Å². The van der Waals surface area contributed by atoms with Gasteiger partial charge in [0.25, 0.3) is 0 Å². The molecule has 35 heavy (non-hydrogen) atoms. The number of alkyl halides is 2. The van der Waals surface area contributed by atoms with Crippen molar-refractivity contribution in [1.82, 2.24) is 4.98 Å². The van der Waals surface area contributed by atoms with Crippen LogP contribution in [0.3, 0.4) is 0 Å². The van der Waals surface area contributed by atoms with Crippen molar-refractivity contribution < 1.29 is 26.7 Å². The molecular weight excluding hydrogens is 494 g/mol. The summed E-state index contributed by atoms with van der Waals surface area (Å²) in [6.45, 7) is 0. The van der Waals surface area contributed by atoms with Crippen LogP contribution < -0.4 is 10.1 Å². The van der Waals surface area contributed by atoms with E-state index in [-0.39, 0.29) is 41.2 Å². The number of amides is 1. The molecule has 2 aliphatic carbocycles. The number of hydrogen-bond donors (Lipinski definition) is 1. The van der Waals surface area contributed by atoms with Gasteiger partial charge in [-0.3, -0.25) is 4.79 Å². The summed E-state index contributed by atoms with van der Waals surface area (Å²) in [5.74, 6) is -0.644. The van der Waals surface area contributed by atoms with Gasteiger partial charge in [0, 0.05) is 0 Å². The molecule has 2 aromatic carbocycles. The minimum Gasteiger partial charge on any atom is -0.497 e. The van der Waals surface area contributed by atoms with Gasteiger partial charge < -0.3 is 10.1 Å². The quantitative estimate of drug-likeness (QED) is 0.428. The lowest BCUT2D eigenvalue weighted by molar-refractivity contribution is -0.118. The van der Waals surface area contributed by atoms with Crippen molar-refractivity contribution in [3.63, 3.8) is 0 Å². The first-order valence-electron chi connectivity index (χ1n) is 11.6.